The molecule has 0 aromatic carbocycles. The lowest BCUT2D eigenvalue weighted by Crippen LogP contribution is -2.35. The zero-order valence-corrected chi connectivity index (χ0v) is 16.2. The number of aromatic nitrogens is 6. The summed E-state index contributed by atoms with van der Waals surface area (Å²) in [5.74, 6) is 1.44. The van der Waals surface area contributed by atoms with Gasteiger partial charge in [-0.3, -0.25) is 15.1 Å². The average molecular weight is 391 g/mol. The smallest absolute Gasteiger partial charge is 0.190 e. The van der Waals surface area contributed by atoms with E-state index in [1.807, 2.05) is 37.4 Å². The molecule has 1 aliphatic heterocycles. The lowest BCUT2D eigenvalue weighted by atomic mass is 10.2. The van der Waals surface area contributed by atoms with Gasteiger partial charge in [-0.15, -0.1) is 5.53 Å². The van der Waals surface area contributed by atoms with E-state index in [4.69, 9.17) is 9.72 Å². The van der Waals surface area contributed by atoms with Gasteiger partial charge in [0.1, 0.15) is 5.65 Å². The molecule has 0 aliphatic carbocycles. The van der Waals surface area contributed by atoms with Crippen LogP contribution in [-0.4, -0.2) is 35.7 Å². The molecule has 10 nitrogen and oxygen atoms in total. The van der Waals surface area contributed by atoms with Gasteiger partial charge in [-0.25, -0.2) is 15.0 Å². The van der Waals surface area contributed by atoms with Crippen LogP contribution in [0.2, 0.25) is 0 Å². The van der Waals surface area contributed by atoms with E-state index in [1.165, 1.54) is 0 Å². The summed E-state index contributed by atoms with van der Waals surface area (Å²) in [5, 5.41) is 6.14. The second kappa shape index (κ2) is 7.15. The van der Waals surface area contributed by atoms with Crippen molar-refractivity contribution in [3.05, 3.63) is 54.4 Å². The monoisotopic (exact) mass is 391 g/mol. The Morgan fingerprint density at radius 2 is 2.03 bits per heavy atom. The van der Waals surface area contributed by atoms with Gasteiger partial charge < -0.3 is 9.14 Å². The number of anilines is 2. The van der Waals surface area contributed by atoms with Gasteiger partial charge in [0.15, 0.2) is 11.6 Å². The van der Waals surface area contributed by atoms with Crippen molar-refractivity contribution >= 4 is 17.3 Å². The molecular formula is C19H21N9O. The number of nitrogens with zero attached hydrogens (tertiary/aromatic N) is 7. The number of fused-ring (bicyclic) bond motifs is 2. The molecule has 0 saturated carbocycles. The number of imidazole rings is 1. The highest BCUT2D eigenvalue weighted by molar-refractivity contribution is 5.69. The second-order valence-corrected chi connectivity index (χ2v) is 6.81. The Bertz CT molecular complexity index is 1170. The van der Waals surface area contributed by atoms with Gasteiger partial charge in [-0.1, -0.05) is 6.07 Å². The summed E-state index contributed by atoms with van der Waals surface area (Å²) in [6.07, 6.45) is 9.37. The van der Waals surface area contributed by atoms with Crippen molar-refractivity contribution in [1.82, 2.24) is 34.7 Å². The molecule has 1 aliphatic rings. The molecule has 0 radical (unpaired) electrons. The molecule has 4 aromatic heterocycles. The van der Waals surface area contributed by atoms with Crippen molar-refractivity contribution in [3.63, 3.8) is 0 Å². The Hall–Kier alpha value is -3.50. The summed E-state index contributed by atoms with van der Waals surface area (Å²) in [6.45, 7) is 3.80. The number of hydrogen-bond donors (Lipinski definition) is 2. The highest BCUT2D eigenvalue weighted by Gasteiger charge is 2.23. The Kier molecular flexibility index (Phi) is 4.34. The first-order valence-corrected chi connectivity index (χ1v) is 9.39. The third kappa shape index (κ3) is 3.28. The minimum absolute atomic E-state index is 0.535. The molecule has 0 amide bonds. The predicted octanol–water partition coefficient (Wildman–Crippen LogP) is 1.91. The topological polar surface area (TPSA) is 97.4 Å². The third-order valence-electron chi connectivity index (χ3n) is 4.76. The fourth-order valence-electron chi connectivity index (χ4n) is 3.30. The van der Waals surface area contributed by atoms with Crippen LogP contribution in [0.4, 0.5) is 11.6 Å². The SMILES string of the molecule is CCOCc1cnc2ccc(CN3NNc4ncc(-c5cnn(C)c5)nc43)cn12. The molecule has 0 bridgehead atoms. The third-order valence-corrected chi connectivity index (χ3v) is 4.76. The Labute approximate surface area is 167 Å². The van der Waals surface area contributed by atoms with Crippen LogP contribution in [0.3, 0.4) is 0 Å². The number of hydrazine groups is 2. The van der Waals surface area contributed by atoms with E-state index in [0.29, 0.717) is 25.6 Å². The largest absolute Gasteiger partial charge is 0.375 e. The minimum atomic E-state index is 0.535. The fraction of sp³-hybridized carbons (Fsp3) is 0.263. The quantitative estimate of drug-likeness (QED) is 0.514. The molecule has 148 valence electrons. The summed E-state index contributed by atoms with van der Waals surface area (Å²) in [5.41, 5.74) is 10.9. The molecule has 0 unspecified atom stereocenters. The number of nitrogens with one attached hydrogen (secondary N) is 2. The van der Waals surface area contributed by atoms with Crippen molar-refractivity contribution in [2.24, 2.45) is 7.05 Å². The molecular weight excluding hydrogens is 370 g/mol. The normalized spacial score (nSPS) is 13.1. The van der Waals surface area contributed by atoms with Crippen LogP contribution in [0.5, 0.6) is 0 Å². The highest BCUT2D eigenvalue weighted by Crippen LogP contribution is 2.28. The zero-order valence-electron chi connectivity index (χ0n) is 16.2. The van der Waals surface area contributed by atoms with Crippen LogP contribution in [-0.2, 0) is 24.9 Å². The van der Waals surface area contributed by atoms with Crippen LogP contribution in [0.1, 0.15) is 18.2 Å². The van der Waals surface area contributed by atoms with Gasteiger partial charge in [-0.05, 0) is 18.6 Å². The summed E-state index contributed by atoms with van der Waals surface area (Å²) in [7, 11) is 1.88. The molecule has 5 heterocycles. The summed E-state index contributed by atoms with van der Waals surface area (Å²) in [4.78, 5) is 13.7. The maximum atomic E-state index is 5.54. The van der Waals surface area contributed by atoms with E-state index in [9.17, 15) is 0 Å². The first kappa shape index (κ1) is 17.6. The van der Waals surface area contributed by atoms with Gasteiger partial charge in [-0.2, -0.15) is 5.10 Å². The number of rotatable bonds is 6. The van der Waals surface area contributed by atoms with Crippen molar-refractivity contribution in [2.75, 3.05) is 17.0 Å². The second-order valence-electron chi connectivity index (χ2n) is 6.81. The van der Waals surface area contributed by atoms with Crippen LogP contribution < -0.4 is 16.0 Å². The molecule has 10 heteroatoms. The van der Waals surface area contributed by atoms with E-state index < -0.39 is 0 Å². The fourth-order valence-corrected chi connectivity index (χ4v) is 3.30. The lowest BCUT2D eigenvalue weighted by molar-refractivity contribution is 0.131. The first-order chi connectivity index (χ1) is 14.2. The van der Waals surface area contributed by atoms with E-state index in [1.54, 1.807) is 17.1 Å². The molecule has 5 rings (SSSR count). The Morgan fingerprint density at radius 1 is 1.10 bits per heavy atom. The van der Waals surface area contributed by atoms with E-state index >= 15 is 0 Å². The molecule has 4 aromatic rings. The van der Waals surface area contributed by atoms with E-state index in [0.717, 1.165) is 34.0 Å². The van der Waals surface area contributed by atoms with E-state index in [-0.39, 0.29) is 0 Å². The Balaban J connectivity index is 1.42. The standard InChI is InChI=1S/C19H21N9O/c1-3-29-12-15-7-20-17-5-4-13(9-27(15)17)10-28-19-18(24-25-28)21-8-16(23-19)14-6-22-26(2)11-14/h4-9,11,25H,3,10,12H2,1-2H3,(H,21,24). The Morgan fingerprint density at radius 3 is 2.86 bits per heavy atom. The molecule has 0 atom stereocenters. The lowest BCUT2D eigenvalue weighted by Gasteiger charge is -2.17. The predicted molar refractivity (Wildman–Crippen MR) is 108 cm³/mol. The van der Waals surface area contributed by atoms with Gasteiger partial charge in [0.05, 0.1) is 43.1 Å². The molecule has 0 saturated heterocycles. The number of hydrogen-bond acceptors (Lipinski definition) is 8. The van der Waals surface area contributed by atoms with Crippen LogP contribution >= 0.6 is 0 Å². The van der Waals surface area contributed by atoms with Crippen molar-refractivity contribution in [1.29, 1.82) is 0 Å². The van der Waals surface area contributed by atoms with Crippen LogP contribution in [0.15, 0.2) is 43.1 Å². The van der Waals surface area contributed by atoms with Crippen LogP contribution in [0, 0.1) is 0 Å². The van der Waals surface area contributed by atoms with Crippen molar-refractivity contribution < 1.29 is 4.74 Å². The van der Waals surface area contributed by atoms with Crippen LogP contribution in [0.25, 0.3) is 16.9 Å². The number of aryl methyl sites for hydroxylation is 1. The van der Waals surface area contributed by atoms with Crippen molar-refractivity contribution in [3.8, 4) is 11.3 Å². The summed E-state index contributed by atoms with van der Waals surface area (Å²) >= 11 is 0. The number of ether oxygens (including phenoxy) is 1. The molecule has 0 spiro atoms. The maximum Gasteiger partial charge on any atom is 0.190 e. The highest BCUT2D eigenvalue weighted by atomic mass is 16.5. The summed E-state index contributed by atoms with van der Waals surface area (Å²) in [6, 6.07) is 4.07. The zero-order chi connectivity index (χ0) is 19.8. The molecule has 0 fully saturated rings. The maximum absolute atomic E-state index is 5.54. The van der Waals surface area contributed by atoms with Gasteiger partial charge in [0, 0.05) is 31.6 Å². The van der Waals surface area contributed by atoms with Gasteiger partial charge >= 0.3 is 0 Å². The molecule has 2 N–H and O–H groups in total. The number of pyridine rings is 1. The van der Waals surface area contributed by atoms with E-state index in [2.05, 4.69) is 42.7 Å². The minimum Gasteiger partial charge on any atom is -0.375 e. The summed E-state index contributed by atoms with van der Waals surface area (Å²) < 4.78 is 9.36. The van der Waals surface area contributed by atoms with Crippen molar-refractivity contribution in [2.45, 2.75) is 20.1 Å². The average Bonchev–Trinajstić information content (AvgIpc) is 3.45. The van der Waals surface area contributed by atoms with Gasteiger partial charge in [0.2, 0.25) is 0 Å². The first-order valence-electron chi connectivity index (χ1n) is 9.39. The molecule has 29 heavy (non-hydrogen) atoms. The van der Waals surface area contributed by atoms with Gasteiger partial charge in [0.25, 0.3) is 0 Å².